The van der Waals surface area contributed by atoms with Crippen molar-refractivity contribution in [2.24, 2.45) is 0 Å². The molecule has 1 aromatic rings. The molecule has 5 nitrogen and oxygen atoms in total. The first-order valence-corrected chi connectivity index (χ1v) is 5.63. The number of carbonyl (C=O) groups is 1. The maximum absolute atomic E-state index is 12.2. The van der Waals surface area contributed by atoms with Crippen molar-refractivity contribution >= 4 is 5.91 Å². The fourth-order valence-corrected chi connectivity index (χ4v) is 1.96. The highest BCUT2D eigenvalue weighted by molar-refractivity contribution is 5.94. The number of nitrogens with zero attached hydrogens (tertiary/aromatic N) is 2. The summed E-state index contributed by atoms with van der Waals surface area (Å²) in [5.41, 5.74) is 0.618. The molecule has 0 radical (unpaired) electrons. The van der Waals surface area contributed by atoms with Crippen LogP contribution in [0.4, 0.5) is 0 Å². The summed E-state index contributed by atoms with van der Waals surface area (Å²) in [6.45, 7) is 5.34. The van der Waals surface area contributed by atoms with Gasteiger partial charge in [0.2, 0.25) is 0 Å². The van der Waals surface area contributed by atoms with Gasteiger partial charge in [-0.05, 0) is 13.3 Å². The van der Waals surface area contributed by atoms with Gasteiger partial charge in [0.15, 0.2) is 0 Å². The van der Waals surface area contributed by atoms with Gasteiger partial charge in [-0.1, -0.05) is 6.92 Å². The SMILES string of the molecule is CCC1COC(C)CN1C(=O)c1cn[nH]c1. The lowest BCUT2D eigenvalue weighted by Gasteiger charge is -2.38. The number of H-pyrrole nitrogens is 1. The van der Waals surface area contributed by atoms with E-state index in [1.54, 1.807) is 12.4 Å². The van der Waals surface area contributed by atoms with Gasteiger partial charge in [-0.15, -0.1) is 0 Å². The van der Waals surface area contributed by atoms with Crippen LogP contribution < -0.4 is 0 Å². The van der Waals surface area contributed by atoms with Crippen LogP contribution in [0.1, 0.15) is 30.6 Å². The Morgan fingerprint density at radius 3 is 3.19 bits per heavy atom. The normalized spacial score (nSPS) is 25.8. The van der Waals surface area contributed by atoms with Gasteiger partial charge >= 0.3 is 0 Å². The van der Waals surface area contributed by atoms with Crippen molar-refractivity contribution in [2.75, 3.05) is 13.2 Å². The minimum absolute atomic E-state index is 0.0377. The number of nitrogens with one attached hydrogen (secondary N) is 1. The number of aromatic nitrogens is 2. The van der Waals surface area contributed by atoms with Crippen LogP contribution in [-0.4, -0.2) is 46.3 Å². The molecular formula is C11H17N3O2. The first-order chi connectivity index (χ1) is 7.72. The molecule has 16 heavy (non-hydrogen) atoms. The Morgan fingerprint density at radius 1 is 1.75 bits per heavy atom. The summed E-state index contributed by atoms with van der Waals surface area (Å²) in [5.74, 6) is 0.0377. The summed E-state index contributed by atoms with van der Waals surface area (Å²) in [7, 11) is 0. The van der Waals surface area contributed by atoms with Crippen molar-refractivity contribution in [3.63, 3.8) is 0 Å². The first-order valence-electron chi connectivity index (χ1n) is 5.63. The van der Waals surface area contributed by atoms with Gasteiger partial charge in [0, 0.05) is 12.7 Å². The number of hydrogen-bond donors (Lipinski definition) is 1. The molecule has 0 aromatic carbocycles. The second-order valence-electron chi connectivity index (χ2n) is 4.15. The van der Waals surface area contributed by atoms with E-state index in [-0.39, 0.29) is 18.1 Å². The van der Waals surface area contributed by atoms with Crippen LogP contribution >= 0.6 is 0 Å². The molecule has 1 aliphatic rings. The second kappa shape index (κ2) is 4.65. The van der Waals surface area contributed by atoms with Crippen molar-refractivity contribution in [1.82, 2.24) is 15.1 Å². The van der Waals surface area contributed by atoms with Gasteiger partial charge in [0.25, 0.3) is 5.91 Å². The summed E-state index contributed by atoms with van der Waals surface area (Å²) in [4.78, 5) is 14.1. The molecule has 1 amide bonds. The predicted octanol–water partition coefficient (Wildman–Crippen LogP) is 1.05. The van der Waals surface area contributed by atoms with E-state index in [0.29, 0.717) is 18.7 Å². The summed E-state index contributed by atoms with van der Waals surface area (Å²) >= 11 is 0. The average Bonchev–Trinajstić information content (AvgIpc) is 2.81. The van der Waals surface area contributed by atoms with Crippen LogP contribution in [0.25, 0.3) is 0 Å². The molecule has 88 valence electrons. The lowest BCUT2D eigenvalue weighted by Crippen LogP contribution is -2.51. The zero-order chi connectivity index (χ0) is 11.5. The van der Waals surface area contributed by atoms with Crippen LogP contribution in [-0.2, 0) is 4.74 Å². The molecule has 1 N–H and O–H groups in total. The summed E-state index contributed by atoms with van der Waals surface area (Å²) in [5, 5.41) is 6.47. The molecule has 2 atom stereocenters. The minimum atomic E-state index is 0.0377. The largest absolute Gasteiger partial charge is 0.375 e. The van der Waals surface area contributed by atoms with Crippen LogP contribution in [0.2, 0.25) is 0 Å². The van der Waals surface area contributed by atoms with E-state index in [2.05, 4.69) is 17.1 Å². The molecule has 0 saturated carbocycles. The molecular weight excluding hydrogens is 206 g/mol. The highest BCUT2D eigenvalue weighted by atomic mass is 16.5. The molecule has 2 unspecified atom stereocenters. The van der Waals surface area contributed by atoms with Crippen molar-refractivity contribution in [3.8, 4) is 0 Å². The third kappa shape index (κ3) is 2.09. The number of rotatable bonds is 2. The third-order valence-corrected chi connectivity index (χ3v) is 2.94. The van der Waals surface area contributed by atoms with Crippen molar-refractivity contribution < 1.29 is 9.53 Å². The summed E-state index contributed by atoms with van der Waals surface area (Å²) in [6.07, 6.45) is 4.22. The Kier molecular flexibility index (Phi) is 3.24. The molecule has 0 spiro atoms. The Balaban J connectivity index is 2.13. The standard InChI is InChI=1S/C11H17N3O2/c1-3-10-7-16-8(2)6-14(10)11(15)9-4-12-13-5-9/h4-5,8,10H,3,6-7H2,1-2H3,(H,12,13). The van der Waals surface area contributed by atoms with Crippen LogP contribution in [0.15, 0.2) is 12.4 Å². The van der Waals surface area contributed by atoms with Gasteiger partial charge < -0.3 is 9.64 Å². The fourth-order valence-electron chi connectivity index (χ4n) is 1.96. The molecule has 1 fully saturated rings. The predicted molar refractivity (Wildman–Crippen MR) is 59.1 cm³/mol. The molecule has 2 rings (SSSR count). The number of morpholine rings is 1. The van der Waals surface area contributed by atoms with Crippen molar-refractivity contribution in [1.29, 1.82) is 0 Å². The quantitative estimate of drug-likeness (QED) is 0.815. The fraction of sp³-hybridized carbons (Fsp3) is 0.636. The van der Waals surface area contributed by atoms with Gasteiger partial charge in [0.1, 0.15) is 0 Å². The maximum Gasteiger partial charge on any atom is 0.257 e. The highest BCUT2D eigenvalue weighted by Crippen LogP contribution is 2.17. The van der Waals surface area contributed by atoms with Crippen molar-refractivity contribution in [3.05, 3.63) is 18.0 Å². The van der Waals surface area contributed by atoms with Crippen LogP contribution in [0.5, 0.6) is 0 Å². The average molecular weight is 223 g/mol. The Labute approximate surface area is 94.8 Å². The number of aromatic amines is 1. The van der Waals surface area contributed by atoms with Gasteiger partial charge in [-0.25, -0.2) is 0 Å². The van der Waals surface area contributed by atoms with E-state index >= 15 is 0 Å². The molecule has 1 aliphatic heterocycles. The van der Waals surface area contributed by atoms with E-state index in [4.69, 9.17) is 4.74 Å². The molecule has 0 bridgehead atoms. The first kappa shape index (κ1) is 11.1. The van der Waals surface area contributed by atoms with Gasteiger partial charge in [0.05, 0.1) is 30.5 Å². The van der Waals surface area contributed by atoms with Gasteiger partial charge in [-0.3, -0.25) is 9.89 Å². The zero-order valence-electron chi connectivity index (χ0n) is 9.64. The molecule has 5 heteroatoms. The van der Waals surface area contributed by atoms with Crippen LogP contribution in [0.3, 0.4) is 0 Å². The second-order valence-corrected chi connectivity index (χ2v) is 4.15. The number of carbonyl (C=O) groups excluding carboxylic acids is 1. The number of ether oxygens (including phenoxy) is 1. The lowest BCUT2D eigenvalue weighted by atomic mass is 10.1. The summed E-state index contributed by atoms with van der Waals surface area (Å²) < 4.78 is 5.56. The zero-order valence-corrected chi connectivity index (χ0v) is 9.64. The monoisotopic (exact) mass is 223 g/mol. The van der Waals surface area contributed by atoms with Crippen molar-refractivity contribution in [2.45, 2.75) is 32.4 Å². The molecule has 1 saturated heterocycles. The number of amides is 1. The molecule has 1 aromatic heterocycles. The van der Waals surface area contributed by atoms with E-state index in [0.717, 1.165) is 6.42 Å². The Hall–Kier alpha value is -1.36. The van der Waals surface area contributed by atoms with E-state index in [1.165, 1.54) is 0 Å². The smallest absolute Gasteiger partial charge is 0.257 e. The van der Waals surface area contributed by atoms with E-state index in [9.17, 15) is 4.79 Å². The van der Waals surface area contributed by atoms with E-state index < -0.39 is 0 Å². The Morgan fingerprint density at radius 2 is 2.56 bits per heavy atom. The lowest BCUT2D eigenvalue weighted by molar-refractivity contribution is -0.0444. The van der Waals surface area contributed by atoms with Gasteiger partial charge in [-0.2, -0.15) is 5.10 Å². The maximum atomic E-state index is 12.2. The topological polar surface area (TPSA) is 58.2 Å². The van der Waals surface area contributed by atoms with Crippen LogP contribution in [0, 0.1) is 0 Å². The molecule has 0 aliphatic carbocycles. The van der Waals surface area contributed by atoms with E-state index in [1.807, 2.05) is 11.8 Å². The minimum Gasteiger partial charge on any atom is -0.375 e. The number of hydrogen-bond acceptors (Lipinski definition) is 3. The summed E-state index contributed by atoms with van der Waals surface area (Å²) in [6, 6.07) is 0.179. The third-order valence-electron chi connectivity index (χ3n) is 2.94. The molecule has 2 heterocycles. The highest BCUT2D eigenvalue weighted by Gasteiger charge is 2.30. The Bertz CT molecular complexity index is 350.